The SMILES string of the molecule is Cc1ccc2oc(C(=O)O[C@@H](C)CCN(C)C)cc2c1. The van der Waals surface area contributed by atoms with Gasteiger partial charge in [-0.1, -0.05) is 11.6 Å². The third-order valence-electron chi connectivity index (χ3n) is 3.16. The lowest BCUT2D eigenvalue weighted by atomic mass is 10.2. The van der Waals surface area contributed by atoms with E-state index >= 15 is 0 Å². The molecule has 0 aliphatic heterocycles. The molecule has 1 atom stereocenters. The lowest BCUT2D eigenvalue weighted by molar-refractivity contribution is 0.0278. The van der Waals surface area contributed by atoms with Gasteiger partial charge in [-0.3, -0.25) is 0 Å². The van der Waals surface area contributed by atoms with Gasteiger partial charge in [0.05, 0.1) is 0 Å². The van der Waals surface area contributed by atoms with Crippen molar-refractivity contribution in [1.82, 2.24) is 4.90 Å². The van der Waals surface area contributed by atoms with Gasteiger partial charge in [-0.2, -0.15) is 0 Å². The molecule has 2 aromatic rings. The quantitative estimate of drug-likeness (QED) is 0.786. The summed E-state index contributed by atoms with van der Waals surface area (Å²) in [6, 6.07) is 7.56. The largest absolute Gasteiger partial charge is 0.457 e. The van der Waals surface area contributed by atoms with Crippen molar-refractivity contribution in [3.8, 4) is 0 Å². The van der Waals surface area contributed by atoms with E-state index in [1.54, 1.807) is 6.07 Å². The van der Waals surface area contributed by atoms with Gasteiger partial charge in [0.15, 0.2) is 0 Å². The predicted molar refractivity (Wildman–Crippen MR) is 79.0 cm³/mol. The van der Waals surface area contributed by atoms with Crippen LogP contribution in [0.4, 0.5) is 0 Å². The molecule has 0 aliphatic rings. The fourth-order valence-electron chi connectivity index (χ4n) is 2.00. The highest BCUT2D eigenvalue weighted by atomic mass is 16.6. The smallest absolute Gasteiger partial charge is 0.374 e. The molecule has 0 radical (unpaired) electrons. The number of carbonyl (C=O) groups excluding carboxylic acids is 1. The maximum absolute atomic E-state index is 12.0. The zero-order valence-corrected chi connectivity index (χ0v) is 12.5. The van der Waals surface area contributed by atoms with Gasteiger partial charge in [0.2, 0.25) is 5.76 Å². The molecule has 1 aromatic carbocycles. The van der Waals surface area contributed by atoms with Gasteiger partial charge in [0.25, 0.3) is 0 Å². The number of furan rings is 1. The number of carbonyl (C=O) groups is 1. The molecule has 2 rings (SSSR count). The van der Waals surface area contributed by atoms with Crippen LogP contribution in [0.15, 0.2) is 28.7 Å². The number of fused-ring (bicyclic) bond motifs is 1. The molecule has 4 heteroatoms. The van der Waals surface area contributed by atoms with Crippen molar-refractivity contribution in [3.63, 3.8) is 0 Å². The number of benzene rings is 1. The topological polar surface area (TPSA) is 42.7 Å². The molecule has 0 amide bonds. The van der Waals surface area contributed by atoms with E-state index in [2.05, 4.69) is 4.90 Å². The van der Waals surface area contributed by atoms with E-state index < -0.39 is 5.97 Å². The van der Waals surface area contributed by atoms with Gasteiger partial charge in [-0.05, 0) is 52.6 Å². The van der Waals surface area contributed by atoms with E-state index in [1.807, 2.05) is 46.1 Å². The summed E-state index contributed by atoms with van der Waals surface area (Å²) in [5, 5.41) is 0.929. The number of esters is 1. The van der Waals surface area contributed by atoms with Crippen molar-refractivity contribution >= 4 is 16.9 Å². The fourth-order valence-corrected chi connectivity index (χ4v) is 2.00. The van der Waals surface area contributed by atoms with Crippen LogP contribution in [0.1, 0.15) is 29.5 Å². The Balaban J connectivity index is 2.03. The normalized spacial score (nSPS) is 12.8. The van der Waals surface area contributed by atoms with Crippen LogP contribution in [0.3, 0.4) is 0 Å². The highest BCUT2D eigenvalue weighted by Crippen LogP contribution is 2.21. The first-order chi connectivity index (χ1) is 9.45. The summed E-state index contributed by atoms with van der Waals surface area (Å²) in [5.74, 6) is -0.132. The number of hydrogen-bond donors (Lipinski definition) is 0. The molecular formula is C16H21NO3. The molecule has 0 spiro atoms. The minimum absolute atomic E-state index is 0.125. The van der Waals surface area contributed by atoms with E-state index in [0.717, 1.165) is 23.9 Å². The molecule has 4 nitrogen and oxygen atoms in total. The van der Waals surface area contributed by atoms with E-state index in [4.69, 9.17) is 9.15 Å². The Bertz CT molecular complexity index is 601. The summed E-state index contributed by atoms with van der Waals surface area (Å²) >= 11 is 0. The van der Waals surface area contributed by atoms with Crippen molar-refractivity contribution in [2.45, 2.75) is 26.4 Å². The molecule has 1 heterocycles. The monoisotopic (exact) mass is 275 g/mol. The Labute approximate surface area is 119 Å². The van der Waals surface area contributed by atoms with Crippen LogP contribution in [0.25, 0.3) is 11.0 Å². The van der Waals surface area contributed by atoms with Gasteiger partial charge in [0, 0.05) is 11.9 Å². The van der Waals surface area contributed by atoms with Crippen molar-refractivity contribution in [1.29, 1.82) is 0 Å². The average molecular weight is 275 g/mol. The Morgan fingerprint density at radius 1 is 1.35 bits per heavy atom. The zero-order chi connectivity index (χ0) is 14.7. The first-order valence-electron chi connectivity index (χ1n) is 6.81. The van der Waals surface area contributed by atoms with Crippen LogP contribution in [0.2, 0.25) is 0 Å². The van der Waals surface area contributed by atoms with E-state index in [-0.39, 0.29) is 11.9 Å². The van der Waals surface area contributed by atoms with Crippen molar-refractivity contribution < 1.29 is 13.9 Å². The Kier molecular flexibility index (Phi) is 4.45. The maximum atomic E-state index is 12.0. The third kappa shape index (κ3) is 3.61. The first kappa shape index (κ1) is 14.6. The molecule has 0 fully saturated rings. The second-order valence-electron chi connectivity index (χ2n) is 5.46. The van der Waals surface area contributed by atoms with E-state index in [0.29, 0.717) is 5.58 Å². The summed E-state index contributed by atoms with van der Waals surface area (Å²) in [6.45, 7) is 4.79. The Morgan fingerprint density at radius 2 is 2.10 bits per heavy atom. The molecule has 0 bridgehead atoms. The summed E-state index contributed by atoms with van der Waals surface area (Å²) in [5.41, 5.74) is 1.85. The van der Waals surface area contributed by atoms with Crippen LogP contribution < -0.4 is 0 Å². The lowest BCUT2D eigenvalue weighted by Gasteiger charge is -2.15. The van der Waals surface area contributed by atoms with Gasteiger partial charge >= 0.3 is 5.97 Å². The van der Waals surface area contributed by atoms with Crippen LogP contribution in [0, 0.1) is 6.92 Å². The number of aryl methyl sites for hydroxylation is 1. The lowest BCUT2D eigenvalue weighted by Crippen LogP contribution is -2.21. The minimum Gasteiger partial charge on any atom is -0.457 e. The third-order valence-corrected chi connectivity index (χ3v) is 3.16. The molecule has 0 saturated carbocycles. The number of rotatable bonds is 5. The molecule has 20 heavy (non-hydrogen) atoms. The van der Waals surface area contributed by atoms with Crippen LogP contribution in [-0.2, 0) is 4.74 Å². The molecule has 0 aliphatic carbocycles. The first-order valence-corrected chi connectivity index (χ1v) is 6.81. The summed E-state index contributed by atoms with van der Waals surface area (Å²) in [4.78, 5) is 14.1. The Hall–Kier alpha value is -1.81. The van der Waals surface area contributed by atoms with Gasteiger partial charge in [0.1, 0.15) is 11.7 Å². The average Bonchev–Trinajstić information content (AvgIpc) is 2.79. The Morgan fingerprint density at radius 3 is 2.80 bits per heavy atom. The van der Waals surface area contributed by atoms with E-state index in [9.17, 15) is 4.79 Å². The summed E-state index contributed by atoms with van der Waals surface area (Å²) < 4.78 is 10.9. The van der Waals surface area contributed by atoms with Crippen LogP contribution >= 0.6 is 0 Å². The van der Waals surface area contributed by atoms with Gasteiger partial charge < -0.3 is 14.1 Å². The molecule has 0 saturated heterocycles. The molecule has 108 valence electrons. The van der Waals surface area contributed by atoms with Crippen molar-refractivity contribution in [2.24, 2.45) is 0 Å². The van der Waals surface area contributed by atoms with Gasteiger partial charge in [-0.25, -0.2) is 4.79 Å². The van der Waals surface area contributed by atoms with Crippen LogP contribution in [0.5, 0.6) is 0 Å². The molecule has 0 unspecified atom stereocenters. The van der Waals surface area contributed by atoms with Crippen molar-refractivity contribution in [2.75, 3.05) is 20.6 Å². The highest BCUT2D eigenvalue weighted by Gasteiger charge is 2.16. The molecular weight excluding hydrogens is 254 g/mol. The highest BCUT2D eigenvalue weighted by molar-refractivity contribution is 5.92. The minimum atomic E-state index is -0.398. The number of hydrogen-bond acceptors (Lipinski definition) is 4. The summed E-state index contributed by atoms with van der Waals surface area (Å²) in [7, 11) is 3.99. The fraction of sp³-hybridized carbons (Fsp3) is 0.438. The molecule has 0 N–H and O–H groups in total. The second kappa shape index (κ2) is 6.09. The number of ether oxygens (including phenoxy) is 1. The second-order valence-corrected chi connectivity index (χ2v) is 5.46. The van der Waals surface area contributed by atoms with E-state index in [1.165, 1.54) is 0 Å². The standard InChI is InChI=1S/C16H21NO3/c1-11-5-6-14-13(9-11)10-15(20-14)16(18)19-12(2)7-8-17(3)4/h5-6,9-10,12H,7-8H2,1-4H3/t12-/m0/s1. The number of nitrogens with zero attached hydrogens (tertiary/aromatic N) is 1. The van der Waals surface area contributed by atoms with Crippen molar-refractivity contribution in [3.05, 3.63) is 35.6 Å². The maximum Gasteiger partial charge on any atom is 0.374 e. The summed E-state index contributed by atoms with van der Waals surface area (Å²) in [6.07, 6.45) is 0.679. The molecule has 1 aromatic heterocycles. The van der Waals surface area contributed by atoms with Crippen LogP contribution in [-0.4, -0.2) is 37.6 Å². The predicted octanol–water partition coefficient (Wildman–Crippen LogP) is 3.24. The zero-order valence-electron chi connectivity index (χ0n) is 12.5. The van der Waals surface area contributed by atoms with Gasteiger partial charge in [-0.15, -0.1) is 0 Å².